The second kappa shape index (κ2) is 6.12. The van der Waals surface area contributed by atoms with Gasteiger partial charge in [-0.15, -0.1) is 0 Å². The van der Waals surface area contributed by atoms with Crippen LogP contribution in [0.5, 0.6) is 0 Å². The average Bonchev–Trinajstić information content (AvgIpc) is 2.92. The van der Waals surface area contributed by atoms with E-state index in [2.05, 4.69) is 54.6 Å². The molecule has 0 spiro atoms. The highest BCUT2D eigenvalue weighted by Crippen LogP contribution is 2.33. The lowest BCUT2D eigenvalue weighted by molar-refractivity contribution is 0.599. The molecule has 2 aliphatic carbocycles. The Balaban J connectivity index is 1.59. The zero-order chi connectivity index (χ0) is 14.8. The van der Waals surface area contributed by atoms with Crippen LogP contribution in [0.1, 0.15) is 59.4 Å². The van der Waals surface area contributed by atoms with Crippen LogP contribution in [-0.4, -0.2) is 0 Å². The van der Waals surface area contributed by atoms with Crippen LogP contribution < -0.4 is 0 Å². The second-order valence-corrected chi connectivity index (χ2v) is 6.80. The summed E-state index contributed by atoms with van der Waals surface area (Å²) in [5.74, 6) is 0.717. The van der Waals surface area contributed by atoms with Crippen molar-refractivity contribution in [3.05, 3.63) is 76.4 Å². The van der Waals surface area contributed by atoms with Gasteiger partial charge in [-0.1, -0.05) is 54.6 Å². The van der Waals surface area contributed by atoms with Crippen LogP contribution in [0.15, 0.2) is 48.5 Å². The number of fused-ring (bicyclic) bond motifs is 2. The first-order valence-corrected chi connectivity index (χ1v) is 8.76. The van der Waals surface area contributed by atoms with Gasteiger partial charge in [-0.2, -0.15) is 0 Å². The molecule has 112 valence electrons. The summed E-state index contributed by atoms with van der Waals surface area (Å²) < 4.78 is 0. The van der Waals surface area contributed by atoms with E-state index in [1.807, 2.05) is 0 Å². The van der Waals surface area contributed by atoms with Gasteiger partial charge >= 0.3 is 0 Å². The summed E-state index contributed by atoms with van der Waals surface area (Å²) in [6, 6.07) is 16.3. The van der Waals surface area contributed by atoms with Gasteiger partial charge in [-0.25, -0.2) is 0 Å². The fraction of sp³-hybridized carbons (Fsp3) is 0.364. The van der Waals surface area contributed by atoms with Gasteiger partial charge < -0.3 is 0 Å². The molecule has 4 rings (SSSR count). The summed E-state index contributed by atoms with van der Waals surface area (Å²) in [5.41, 5.74) is 7.70. The van der Waals surface area contributed by atoms with Crippen LogP contribution in [0.2, 0.25) is 0 Å². The van der Waals surface area contributed by atoms with Gasteiger partial charge in [-0.3, -0.25) is 0 Å². The van der Waals surface area contributed by atoms with Crippen LogP contribution in [-0.2, 0) is 19.3 Å². The number of hydrogen-bond donors (Lipinski definition) is 0. The lowest BCUT2D eigenvalue weighted by Crippen LogP contribution is -2.01. The van der Waals surface area contributed by atoms with E-state index in [1.54, 1.807) is 16.7 Å². The molecule has 0 amide bonds. The third-order valence-electron chi connectivity index (χ3n) is 5.40. The van der Waals surface area contributed by atoms with Gasteiger partial charge in [0.15, 0.2) is 0 Å². The normalized spacial score (nSPS) is 18.2. The van der Waals surface area contributed by atoms with E-state index in [9.17, 15) is 0 Å². The van der Waals surface area contributed by atoms with Crippen molar-refractivity contribution in [3.8, 4) is 0 Å². The van der Waals surface area contributed by atoms with Crippen LogP contribution in [0.25, 0.3) is 6.08 Å². The maximum Gasteiger partial charge on any atom is -0.0155 e. The monoisotopic (exact) mass is 288 g/mol. The van der Waals surface area contributed by atoms with Crippen molar-refractivity contribution < 1.29 is 0 Å². The van der Waals surface area contributed by atoms with Gasteiger partial charge in [0.1, 0.15) is 0 Å². The van der Waals surface area contributed by atoms with Gasteiger partial charge in [0, 0.05) is 0 Å². The summed E-state index contributed by atoms with van der Waals surface area (Å²) in [6.45, 7) is 0. The Bertz CT molecular complexity index is 666. The zero-order valence-electron chi connectivity index (χ0n) is 13.2. The first kappa shape index (κ1) is 13.8. The fourth-order valence-electron chi connectivity index (χ4n) is 4.05. The molecule has 0 atom stereocenters. The Labute approximate surface area is 133 Å². The quantitative estimate of drug-likeness (QED) is 0.591. The lowest BCUT2D eigenvalue weighted by atomic mass is 9.88. The highest BCUT2D eigenvalue weighted by molar-refractivity contribution is 5.56. The van der Waals surface area contributed by atoms with E-state index in [0.29, 0.717) is 5.92 Å². The molecule has 0 saturated heterocycles. The predicted molar refractivity (Wildman–Crippen MR) is 94.2 cm³/mol. The van der Waals surface area contributed by atoms with Crippen molar-refractivity contribution in [2.45, 2.75) is 50.9 Å². The molecule has 0 heterocycles. The molecule has 0 bridgehead atoms. The van der Waals surface area contributed by atoms with Crippen molar-refractivity contribution in [3.63, 3.8) is 0 Å². The SMILES string of the molecule is C1=Cc2cc(C3CCc4ccccc4CC3)ccc2CCC1. The molecule has 0 heteroatoms. The Morgan fingerprint density at radius 2 is 1.55 bits per heavy atom. The predicted octanol–water partition coefficient (Wildman–Crippen LogP) is 5.70. The molecule has 22 heavy (non-hydrogen) atoms. The molecular formula is C22H24. The van der Waals surface area contributed by atoms with Crippen LogP contribution in [0.3, 0.4) is 0 Å². The summed E-state index contributed by atoms with van der Waals surface area (Å²) in [4.78, 5) is 0. The highest BCUT2D eigenvalue weighted by Gasteiger charge is 2.18. The molecule has 0 aliphatic heterocycles. The number of rotatable bonds is 1. The number of benzene rings is 2. The molecule has 2 aliphatic rings. The maximum absolute atomic E-state index is 2.47. The second-order valence-electron chi connectivity index (χ2n) is 6.80. The first-order valence-electron chi connectivity index (χ1n) is 8.76. The third-order valence-corrected chi connectivity index (χ3v) is 5.40. The highest BCUT2D eigenvalue weighted by atomic mass is 14.2. The van der Waals surface area contributed by atoms with Gasteiger partial charge in [0.05, 0.1) is 0 Å². The topological polar surface area (TPSA) is 0 Å². The van der Waals surface area contributed by atoms with Crippen LogP contribution >= 0.6 is 0 Å². The molecular weight excluding hydrogens is 264 g/mol. The molecule has 2 aromatic rings. The third kappa shape index (κ3) is 2.75. The van der Waals surface area contributed by atoms with Crippen LogP contribution in [0.4, 0.5) is 0 Å². The molecule has 0 fully saturated rings. The van der Waals surface area contributed by atoms with Crippen molar-refractivity contribution in [1.29, 1.82) is 0 Å². The maximum atomic E-state index is 2.47. The molecule has 0 unspecified atom stereocenters. The Kier molecular flexibility index (Phi) is 3.84. The minimum absolute atomic E-state index is 0.717. The van der Waals surface area contributed by atoms with Gasteiger partial charge in [-0.05, 0) is 78.7 Å². The van der Waals surface area contributed by atoms with Crippen molar-refractivity contribution in [1.82, 2.24) is 0 Å². The fourth-order valence-corrected chi connectivity index (χ4v) is 4.05. The minimum Gasteiger partial charge on any atom is -0.0839 e. The molecule has 0 nitrogen and oxygen atoms in total. The molecule has 0 N–H and O–H groups in total. The van der Waals surface area contributed by atoms with Crippen LogP contribution in [0, 0.1) is 0 Å². The van der Waals surface area contributed by atoms with E-state index >= 15 is 0 Å². The van der Waals surface area contributed by atoms with E-state index in [1.165, 1.54) is 56.1 Å². The summed E-state index contributed by atoms with van der Waals surface area (Å²) >= 11 is 0. The van der Waals surface area contributed by atoms with E-state index in [0.717, 1.165) is 0 Å². The van der Waals surface area contributed by atoms with E-state index < -0.39 is 0 Å². The number of allylic oxidation sites excluding steroid dienone is 1. The van der Waals surface area contributed by atoms with E-state index in [4.69, 9.17) is 0 Å². The Morgan fingerprint density at radius 1 is 0.773 bits per heavy atom. The molecule has 0 radical (unpaired) electrons. The summed E-state index contributed by atoms with van der Waals surface area (Å²) in [7, 11) is 0. The summed E-state index contributed by atoms with van der Waals surface area (Å²) in [5, 5.41) is 0. The standard InChI is InChI=1S/C22H24/c1-2-6-19-14-15-22(16-21(19)9-3-1)20-12-10-17-7-4-5-8-18(17)11-13-20/h3-5,7-9,14-16,20H,1-2,6,10-13H2. The molecule has 0 saturated carbocycles. The van der Waals surface area contributed by atoms with Crippen molar-refractivity contribution >= 4 is 6.08 Å². The van der Waals surface area contributed by atoms with Gasteiger partial charge in [0.25, 0.3) is 0 Å². The Hall–Kier alpha value is -1.82. The molecule has 2 aromatic carbocycles. The summed E-state index contributed by atoms with van der Waals surface area (Å²) in [6.07, 6.45) is 13.5. The smallest absolute Gasteiger partial charge is 0.0155 e. The molecule has 0 aromatic heterocycles. The largest absolute Gasteiger partial charge is 0.0839 e. The average molecular weight is 288 g/mol. The van der Waals surface area contributed by atoms with Crippen molar-refractivity contribution in [2.75, 3.05) is 0 Å². The lowest BCUT2D eigenvalue weighted by Gasteiger charge is -2.16. The number of hydrogen-bond acceptors (Lipinski definition) is 0. The van der Waals surface area contributed by atoms with Gasteiger partial charge in [0.2, 0.25) is 0 Å². The Morgan fingerprint density at radius 3 is 2.32 bits per heavy atom. The minimum atomic E-state index is 0.717. The zero-order valence-corrected chi connectivity index (χ0v) is 13.2. The number of aryl methyl sites for hydroxylation is 3. The van der Waals surface area contributed by atoms with E-state index in [-0.39, 0.29) is 0 Å². The van der Waals surface area contributed by atoms with Crippen molar-refractivity contribution in [2.24, 2.45) is 0 Å². The first-order chi connectivity index (χ1) is 10.9.